The van der Waals surface area contributed by atoms with E-state index in [1.165, 1.54) is 22.9 Å². The molecule has 1 amide bonds. The first kappa shape index (κ1) is 18.8. The predicted octanol–water partition coefficient (Wildman–Crippen LogP) is 3.47. The molecule has 0 spiro atoms. The average Bonchev–Trinajstić information content (AvgIpc) is 3.07. The Morgan fingerprint density at radius 3 is 2.56 bits per heavy atom. The van der Waals surface area contributed by atoms with Gasteiger partial charge in [0.1, 0.15) is 11.5 Å². The van der Waals surface area contributed by atoms with Gasteiger partial charge in [-0.2, -0.15) is 4.68 Å². The van der Waals surface area contributed by atoms with Crippen molar-refractivity contribution in [1.82, 2.24) is 20.2 Å². The molecule has 2 aromatic carbocycles. The van der Waals surface area contributed by atoms with Gasteiger partial charge in [-0.1, -0.05) is 28.1 Å². The summed E-state index contributed by atoms with van der Waals surface area (Å²) >= 11 is 3.31. The lowest BCUT2D eigenvalue weighted by atomic mass is 10.1. The Kier molecular flexibility index (Phi) is 5.70. The third kappa shape index (κ3) is 4.62. The number of carbonyl (C=O) groups excluding carboxylic acids is 2. The summed E-state index contributed by atoms with van der Waals surface area (Å²) in [6.07, 6.45) is 0.0964. The first-order chi connectivity index (χ1) is 12.9. The molecule has 7 nitrogen and oxygen atoms in total. The van der Waals surface area contributed by atoms with Gasteiger partial charge in [-0.05, 0) is 47.7 Å². The highest BCUT2D eigenvalue weighted by Crippen LogP contribution is 2.19. The maximum atomic E-state index is 14.0. The number of halogens is 2. The molecule has 0 aliphatic carbocycles. The minimum absolute atomic E-state index is 0.0194. The van der Waals surface area contributed by atoms with Gasteiger partial charge >= 0.3 is 0 Å². The fourth-order valence-electron chi connectivity index (χ4n) is 2.44. The van der Waals surface area contributed by atoms with Crippen molar-refractivity contribution in [2.75, 3.05) is 5.32 Å². The quantitative estimate of drug-likeness (QED) is 0.603. The number of hydrogen-bond donors (Lipinski definition) is 1. The lowest BCUT2D eigenvalue weighted by Crippen LogP contribution is -2.14. The van der Waals surface area contributed by atoms with Crippen LogP contribution in [0.15, 0.2) is 46.9 Å². The number of aryl methyl sites for hydroxylation is 1. The van der Waals surface area contributed by atoms with E-state index in [0.717, 1.165) is 4.47 Å². The number of aromatic nitrogens is 4. The Bertz CT molecular complexity index is 988. The SMILES string of the molecule is Cc1nnnn1-c1cc(NC(=O)CCC(=O)c2ccc(Br)cc2)ccc1F. The molecular weight excluding hydrogens is 417 g/mol. The van der Waals surface area contributed by atoms with E-state index in [4.69, 9.17) is 0 Å². The van der Waals surface area contributed by atoms with Gasteiger partial charge in [0.2, 0.25) is 5.91 Å². The number of nitrogens with one attached hydrogen (secondary N) is 1. The molecule has 0 aliphatic heterocycles. The molecule has 138 valence electrons. The number of hydrogen-bond acceptors (Lipinski definition) is 5. The fourth-order valence-corrected chi connectivity index (χ4v) is 2.70. The number of nitrogens with zero attached hydrogens (tertiary/aromatic N) is 4. The van der Waals surface area contributed by atoms with Crippen molar-refractivity contribution in [2.45, 2.75) is 19.8 Å². The molecule has 0 aliphatic rings. The number of ketones is 1. The average molecular weight is 432 g/mol. The lowest BCUT2D eigenvalue weighted by molar-refractivity contribution is -0.116. The maximum absolute atomic E-state index is 14.0. The van der Waals surface area contributed by atoms with E-state index in [0.29, 0.717) is 17.1 Å². The van der Waals surface area contributed by atoms with E-state index in [9.17, 15) is 14.0 Å². The smallest absolute Gasteiger partial charge is 0.224 e. The minimum atomic E-state index is -0.520. The van der Waals surface area contributed by atoms with E-state index in [1.54, 1.807) is 31.2 Å². The number of rotatable bonds is 6. The molecule has 0 bridgehead atoms. The molecule has 3 rings (SSSR count). The highest BCUT2D eigenvalue weighted by atomic mass is 79.9. The standard InChI is InChI=1S/C18H15BrFN5O2/c1-11-22-23-24-25(11)16-10-14(6-7-15(16)20)21-18(27)9-8-17(26)12-2-4-13(19)5-3-12/h2-7,10H,8-9H2,1H3,(H,21,27). The zero-order valence-corrected chi connectivity index (χ0v) is 15.9. The van der Waals surface area contributed by atoms with Crippen molar-refractivity contribution in [3.05, 3.63) is 64.1 Å². The molecule has 0 fully saturated rings. The molecule has 0 saturated carbocycles. The van der Waals surface area contributed by atoms with E-state index < -0.39 is 5.82 Å². The monoisotopic (exact) mass is 431 g/mol. The van der Waals surface area contributed by atoms with E-state index in [-0.39, 0.29) is 30.2 Å². The van der Waals surface area contributed by atoms with Crippen molar-refractivity contribution >= 4 is 33.3 Å². The maximum Gasteiger partial charge on any atom is 0.224 e. The van der Waals surface area contributed by atoms with Crippen LogP contribution < -0.4 is 5.32 Å². The lowest BCUT2D eigenvalue weighted by Gasteiger charge is -2.09. The van der Waals surface area contributed by atoms with E-state index in [1.807, 2.05) is 0 Å². The number of carbonyl (C=O) groups is 2. The molecule has 1 aromatic heterocycles. The van der Waals surface area contributed by atoms with Crippen LogP contribution in [0.1, 0.15) is 29.0 Å². The molecule has 9 heteroatoms. The number of benzene rings is 2. The molecule has 1 heterocycles. The number of anilines is 1. The summed E-state index contributed by atoms with van der Waals surface area (Å²) in [5.41, 5.74) is 1.06. The molecule has 0 unspecified atom stereocenters. The molecule has 27 heavy (non-hydrogen) atoms. The van der Waals surface area contributed by atoms with Crippen LogP contribution >= 0.6 is 15.9 Å². The largest absolute Gasteiger partial charge is 0.326 e. The van der Waals surface area contributed by atoms with E-state index in [2.05, 4.69) is 36.8 Å². The molecule has 0 atom stereocenters. The van der Waals surface area contributed by atoms with Crippen LogP contribution in [0, 0.1) is 12.7 Å². The fraction of sp³-hybridized carbons (Fsp3) is 0.167. The van der Waals surface area contributed by atoms with Crippen LogP contribution in [0.4, 0.5) is 10.1 Å². The zero-order chi connectivity index (χ0) is 19.4. The summed E-state index contributed by atoms with van der Waals surface area (Å²) in [4.78, 5) is 24.3. The highest BCUT2D eigenvalue weighted by molar-refractivity contribution is 9.10. The van der Waals surface area contributed by atoms with Crippen LogP contribution in [-0.2, 0) is 4.79 Å². The predicted molar refractivity (Wildman–Crippen MR) is 100 cm³/mol. The minimum Gasteiger partial charge on any atom is -0.326 e. The Balaban J connectivity index is 1.63. The Morgan fingerprint density at radius 2 is 1.89 bits per heavy atom. The van der Waals surface area contributed by atoms with E-state index >= 15 is 0 Å². The van der Waals surface area contributed by atoms with Crippen LogP contribution in [0.2, 0.25) is 0 Å². The summed E-state index contributed by atoms with van der Waals surface area (Å²) in [6.45, 7) is 1.64. The number of amides is 1. The first-order valence-corrected chi connectivity index (χ1v) is 8.87. The van der Waals surface area contributed by atoms with Gasteiger partial charge in [0, 0.05) is 28.6 Å². The van der Waals surface area contributed by atoms with Gasteiger partial charge in [-0.15, -0.1) is 5.10 Å². The topological polar surface area (TPSA) is 89.8 Å². The number of Topliss-reactive ketones (excluding diaryl/α,β-unsaturated/α-hetero) is 1. The van der Waals surface area contributed by atoms with Crippen molar-refractivity contribution < 1.29 is 14.0 Å². The third-order valence-corrected chi connectivity index (χ3v) is 4.36. The molecule has 0 radical (unpaired) electrons. The van der Waals surface area contributed by atoms with Crippen molar-refractivity contribution in [1.29, 1.82) is 0 Å². The van der Waals surface area contributed by atoms with Gasteiger partial charge < -0.3 is 5.32 Å². The van der Waals surface area contributed by atoms with Crippen LogP contribution in [0.25, 0.3) is 5.69 Å². The summed E-state index contributed by atoms with van der Waals surface area (Å²) in [5, 5.41) is 13.6. The zero-order valence-electron chi connectivity index (χ0n) is 14.3. The third-order valence-electron chi connectivity index (χ3n) is 3.83. The Hall–Kier alpha value is -2.94. The summed E-state index contributed by atoms with van der Waals surface area (Å²) in [5.74, 6) is -0.570. The van der Waals surface area contributed by atoms with Crippen LogP contribution in [-0.4, -0.2) is 31.9 Å². The van der Waals surface area contributed by atoms with Crippen molar-refractivity contribution in [3.63, 3.8) is 0 Å². The second kappa shape index (κ2) is 8.17. The molecule has 0 saturated heterocycles. The second-order valence-electron chi connectivity index (χ2n) is 5.78. The van der Waals surface area contributed by atoms with Gasteiger partial charge in [0.05, 0.1) is 0 Å². The van der Waals surface area contributed by atoms with Crippen LogP contribution in [0.5, 0.6) is 0 Å². The molecule has 3 aromatic rings. The molecule has 1 N–H and O–H groups in total. The van der Waals surface area contributed by atoms with Crippen molar-refractivity contribution in [2.24, 2.45) is 0 Å². The summed E-state index contributed by atoms with van der Waals surface area (Å²) in [6, 6.07) is 11.0. The Labute approximate surface area is 162 Å². The van der Waals surface area contributed by atoms with Gasteiger partial charge in [-0.3, -0.25) is 9.59 Å². The summed E-state index contributed by atoms with van der Waals surface area (Å²) < 4.78 is 16.2. The van der Waals surface area contributed by atoms with Crippen molar-refractivity contribution in [3.8, 4) is 5.69 Å². The summed E-state index contributed by atoms with van der Waals surface area (Å²) in [7, 11) is 0. The van der Waals surface area contributed by atoms with Gasteiger partial charge in [-0.25, -0.2) is 4.39 Å². The van der Waals surface area contributed by atoms with Crippen LogP contribution in [0.3, 0.4) is 0 Å². The normalized spacial score (nSPS) is 10.6. The first-order valence-electron chi connectivity index (χ1n) is 8.07. The Morgan fingerprint density at radius 1 is 1.15 bits per heavy atom. The molecular formula is C18H15BrFN5O2. The van der Waals surface area contributed by atoms with Gasteiger partial charge in [0.25, 0.3) is 0 Å². The number of tetrazole rings is 1. The second-order valence-corrected chi connectivity index (χ2v) is 6.70. The highest BCUT2D eigenvalue weighted by Gasteiger charge is 2.13. The van der Waals surface area contributed by atoms with Gasteiger partial charge in [0.15, 0.2) is 11.6 Å².